The minimum Gasteiger partial charge on any atom is -0.395 e. The summed E-state index contributed by atoms with van der Waals surface area (Å²) in [6.45, 7) is 3.46. The Morgan fingerprint density at radius 3 is 2.83 bits per heavy atom. The maximum absolute atomic E-state index is 13.0. The fourth-order valence-electron chi connectivity index (χ4n) is 4.27. The minimum atomic E-state index is -0.169. The number of carbonyl (C=O) groups excluding carboxylic acids is 1. The fourth-order valence-corrected chi connectivity index (χ4v) is 4.27. The van der Waals surface area contributed by atoms with E-state index in [1.165, 1.54) is 5.56 Å². The quantitative estimate of drug-likeness (QED) is 0.586. The van der Waals surface area contributed by atoms with Gasteiger partial charge in [-0.15, -0.1) is 0 Å². The number of rotatable bonds is 9. The molecule has 4 rings (SSSR count). The maximum atomic E-state index is 13.0. The van der Waals surface area contributed by atoms with Crippen molar-refractivity contribution in [2.45, 2.75) is 44.2 Å². The number of amides is 1. The number of carbonyl (C=O) groups is 1. The molecule has 0 radical (unpaired) electrons. The van der Waals surface area contributed by atoms with Gasteiger partial charge in [-0.05, 0) is 62.9 Å². The summed E-state index contributed by atoms with van der Waals surface area (Å²) in [5.41, 5.74) is 2.67. The average Bonchev–Trinajstić information content (AvgIpc) is 3.49. The molecule has 1 atom stereocenters. The zero-order valence-corrected chi connectivity index (χ0v) is 17.6. The summed E-state index contributed by atoms with van der Waals surface area (Å²) < 4.78 is 5.38. The molecule has 1 amide bonds. The summed E-state index contributed by atoms with van der Waals surface area (Å²) in [5.74, 6) is 1.46. The van der Waals surface area contributed by atoms with Crippen molar-refractivity contribution in [3.8, 4) is 0 Å². The number of piperidine rings is 1. The molecule has 7 heteroatoms. The van der Waals surface area contributed by atoms with Gasteiger partial charge in [0.05, 0.1) is 12.6 Å². The summed E-state index contributed by atoms with van der Waals surface area (Å²) in [4.78, 5) is 15.1. The van der Waals surface area contributed by atoms with Crippen LogP contribution in [0.1, 0.15) is 65.0 Å². The lowest BCUT2D eigenvalue weighted by atomic mass is 9.85. The summed E-state index contributed by atoms with van der Waals surface area (Å²) >= 11 is 0. The van der Waals surface area contributed by atoms with Gasteiger partial charge in [0, 0.05) is 25.1 Å². The highest BCUT2D eigenvalue weighted by Gasteiger charge is 2.31. The van der Waals surface area contributed by atoms with Gasteiger partial charge in [0.2, 0.25) is 0 Å². The van der Waals surface area contributed by atoms with E-state index in [0.29, 0.717) is 24.1 Å². The predicted octanol–water partition coefficient (Wildman–Crippen LogP) is 2.45. The number of aliphatic hydroxyl groups excluding tert-OH is 1. The van der Waals surface area contributed by atoms with Crippen molar-refractivity contribution < 1.29 is 14.4 Å². The highest BCUT2D eigenvalue weighted by Crippen LogP contribution is 2.40. The lowest BCUT2D eigenvalue weighted by Crippen LogP contribution is -2.39. The van der Waals surface area contributed by atoms with Gasteiger partial charge in [-0.1, -0.05) is 29.4 Å². The van der Waals surface area contributed by atoms with E-state index in [4.69, 9.17) is 9.63 Å². The van der Waals surface area contributed by atoms with Crippen LogP contribution in [0.15, 0.2) is 34.9 Å². The number of likely N-dealkylation sites (N-methyl/N-ethyl adjacent to an activating group) is 1. The van der Waals surface area contributed by atoms with Crippen LogP contribution in [0, 0.1) is 5.92 Å². The van der Waals surface area contributed by atoms with Crippen LogP contribution in [0.4, 0.5) is 0 Å². The third-order valence-corrected chi connectivity index (χ3v) is 6.13. The van der Waals surface area contributed by atoms with Crippen LogP contribution in [0.2, 0.25) is 0 Å². The number of nitrogens with zero attached hydrogens (tertiary/aromatic N) is 2. The molecular weight excluding hydrogens is 380 g/mol. The van der Waals surface area contributed by atoms with Crippen molar-refractivity contribution >= 4 is 5.91 Å². The number of benzene rings is 1. The number of aromatic nitrogens is 1. The van der Waals surface area contributed by atoms with E-state index in [9.17, 15) is 4.79 Å². The lowest BCUT2D eigenvalue weighted by molar-refractivity contribution is 0.0904. The van der Waals surface area contributed by atoms with Gasteiger partial charge in [0.1, 0.15) is 5.76 Å². The van der Waals surface area contributed by atoms with Crippen molar-refractivity contribution in [1.29, 1.82) is 0 Å². The van der Waals surface area contributed by atoms with Crippen molar-refractivity contribution in [3.05, 3.63) is 52.9 Å². The zero-order chi connectivity index (χ0) is 20.9. The SMILES string of the molecule is CN(CCO)Cc1cccc(C(NC(=O)c2cc(C3CC3)on2)C2CCNCC2)c1. The van der Waals surface area contributed by atoms with Gasteiger partial charge in [-0.3, -0.25) is 9.69 Å². The van der Waals surface area contributed by atoms with E-state index < -0.39 is 0 Å². The van der Waals surface area contributed by atoms with Crippen LogP contribution in [-0.4, -0.2) is 54.4 Å². The number of nitrogens with one attached hydrogen (secondary N) is 2. The minimum absolute atomic E-state index is 0.0660. The Morgan fingerprint density at radius 2 is 2.10 bits per heavy atom. The molecule has 2 aromatic rings. The molecule has 1 unspecified atom stereocenters. The standard InChI is InChI=1S/C23H32N4O3/c1-27(11-12-28)15-16-3-2-4-19(13-16)22(18-7-9-24-10-8-18)25-23(29)20-14-21(30-26-20)17-5-6-17/h2-4,13-14,17-18,22,24,28H,5-12,15H2,1H3,(H,25,29). The van der Waals surface area contributed by atoms with E-state index >= 15 is 0 Å². The molecule has 1 aliphatic carbocycles. The maximum Gasteiger partial charge on any atom is 0.273 e. The summed E-state index contributed by atoms with van der Waals surface area (Å²) in [6.07, 6.45) is 4.27. The van der Waals surface area contributed by atoms with Gasteiger partial charge in [-0.2, -0.15) is 0 Å². The summed E-state index contributed by atoms with van der Waals surface area (Å²) in [5, 5.41) is 19.8. The van der Waals surface area contributed by atoms with Crippen LogP contribution >= 0.6 is 0 Å². The molecule has 1 aliphatic heterocycles. The zero-order valence-electron chi connectivity index (χ0n) is 17.6. The molecule has 2 aliphatic rings. The van der Waals surface area contributed by atoms with Crippen molar-refractivity contribution in [2.24, 2.45) is 5.92 Å². The molecule has 1 saturated heterocycles. The van der Waals surface area contributed by atoms with E-state index in [1.54, 1.807) is 6.07 Å². The van der Waals surface area contributed by atoms with Crippen molar-refractivity contribution in [1.82, 2.24) is 20.7 Å². The molecule has 3 N–H and O–H groups in total. The summed E-state index contributed by atoms with van der Waals surface area (Å²) in [6, 6.07) is 10.2. The van der Waals surface area contributed by atoms with E-state index in [0.717, 1.165) is 56.6 Å². The molecule has 1 saturated carbocycles. The van der Waals surface area contributed by atoms with Gasteiger partial charge in [0.25, 0.3) is 5.91 Å². The molecule has 1 aromatic carbocycles. The normalized spacial score (nSPS) is 18.5. The fraction of sp³-hybridized carbons (Fsp3) is 0.565. The Balaban J connectivity index is 1.52. The number of aliphatic hydroxyl groups is 1. The van der Waals surface area contributed by atoms with Gasteiger partial charge >= 0.3 is 0 Å². The molecule has 30 heavy (non-hydrogen) atoms. The highest BCUT2D eigenvalue weighted by molar-refractivity contribution is 5.92. The van der Waals surface area contributed by atoms with Crippen LogP contribution in [0.25, 0.3) is 0 Å². The highest BCUT2D eigenvalue weighted by atomic mass is 16.5. The van der Waals surface area contributed by atoms with Gasteiger partial charge in [0.15, 0.2) is 5.69 Å². The third-order valence-electron chi connectivity index (χ3n) is 6.13. The second-order valence-corrected chi connectivity index (χ2v) is 8.63. The average molecular weight is 413 g/mol. The summed E-state index contributed by atoms with van der Waals surface area (Å²) in [7, 11) is 2.00. The molecule has 0 spiro atoms. The van der Waals surface area contributed by atoms with Gasteiger partial charge < -0.3 is 20.3 Å². The van der Waals surface area contributed by atoms with Crippen LogP contribution in [-0.2, 0) is 6.54 Å². The molecule has 162 valence electrons. The topological polar surface area (TPSA) is 90.6 Å². The first-order valence-electron chi connectivity index (χ1n) is 11.0. The first-order valence-corrected chi connectivity index (χ1v) is 11.0. The van der Waals surface area contributed by atoms with Crippen LogP contribution in [0.3, 0.4) is 0 Å². The Hall–Kier alpha value is -2.22. The Morgan fingerprint density at radius 1 is 1.30 bits per heavy atom. The number of hydrogen-bond acceptors (Lipinski definition) is 6. The smallest absolute Gasteiger partial charge is 0.273 e. The monoisotopic (exact) mass is 412 g/mol. The first-order chi connectivity index (χ1) is 14.6. The molecule has 0 bridgehead atoms. The third kappa shape index (κ3) is 5.28. The predicted molar refractivity (Wildman–Crippen MR) is 114 cm³/mol. The van der Waals surface area contributed by atoms with E-state index in [1.807, 2.05) is 7.05 Å². The van der Waals surface area contributed by atoms with Crippen LogP contribution < -0.4 is 10.6 Å². The molecule has 2 fully saturated rings. The van der Waals surface area contributed by atoms with Crippen LogP contribution in [0.5, 0.6) is 0 Å². The van der Waals surface area contributed by atoms with Crippen molar-refractivity contribution in [3.63, 3.8) is 0 Å². The molecule has 1 aromatic heterocycles. The Kier molecular flexibility index (Phi) is 6.82. The molecule has 2 heterocycles. The largest absolute Gasteiger partial charge is 0.395 e. The van der Waals surface area contributed by atoms with E-state index in [-0.39, 0.29) is 18.6 Å². The second-order valence-electron chi connectivity index (χ2n) is 8.63. The van der Waals surface area contributed by atoms with Crippen molar-refractivity contribution in [2.75, 3.05) is 33.3 Å². The molecular formula is C23H32N4O3. The van der Waals surface area contributed by atoms with Gasteiger partial charge in [-0.25, -0.2) is 0 Å². The second kappa shape index (κ2) is 9.73. The Labute approximate surface area is 177 Å². The lowest BCUT2D eigenvalue weighted by Gasteiger charge is -2.32. The Bertz CT molecular complexity index is 842. The first kappa shape index (κ1) is 21.0. The number of hydrogen-bond donors (Lipinski definition) is 3. The van der Waals surface area contributed by atoms with E-state index in [2.05, 4.69) is 45.0 Å². The molecule has 7 nitrogen and oxygen atoms in total.